The molecule has 0 saturated carbocycles. The van der Waals surface area contributed by atoms with Crippen LogP contribution in [0.25, 0.3) is 32.4 Å². The third-order valence-electron chi connectivity index (χ3n) is 5.10. The lowest BCUT2D eigenvalue weighted by molar-refractivity contribution is -0.116. The van der Waals surface area contributed by atoms with E-state index in [4.69, 9.17) is 16.1 Å². The molecule has 0 unspecified atom stereocenters. The molecule has 0 bridgehead atoms. The lowest BCUT2D eigenvalue weighted by atomic mass is 10.2. The minimum absolute atomic E-state index is 0.0384. The first-order valence-corrected chi connectivity index (χ1v) is 11.2. The zero-order valence-corrected chi connectivity index (χ0v) is 19.2. The quantitative estimate of drug-likeness (QED) is 0.371. The van der Waals surface area contributed by atoms with Gasteiger partial charge in [0.05, 0.1) is 22.3 Å². The van der Waals surface area contributed by atoms with Crippen molar-refractivity contribution in [3.05, 3.63) is 81.6 Å². The van der Waals surface area contributed by atoms with E-state index in [1.165, 1.54) is 40.4 Å². The Morgan fingerprint density at radius 3 is 2.74 bits per heavy atom. The van der Waals surface area contributed by atoms with Crippen LogP contribution in [0.15, 0.2) is 64.2 Å². The first-order valence-electron chi connectivity index (χ1n) is 10.0. The van der Waals surface area contributed by atoms with Gasteiger partial charge in [-0.3, -0.25) is 14.2 Å². The number of aryl methyl sites for hydroxylation is 1. The number of hydrogen-bond acceptors (Lipinski definition) is 7. The molecule has 0 aliphatic rings. The second kappa shape index (κ2) is 8.81. The predicted octanol–water partition coefficient (Wildman–Crippen LogP) is 4.91. The van der Waals surface area contributed by atoms with Gasteiger partial charge in [-0.1, -0.05) is 28.9 Å². The Kier molecular flexibility index (Phi) is 5.68. The SMILES string of the molecule is Cc1c(-c2nc(-c3ccc(Cl)cc3)no2)sc2ncn(CC(=O)Nc3ccccc3F)c(=O)c12. The lowest BCUT2D eigenvalue weighted by Crippen LogP contribution is -2.28. The van der Waals surface area contributed by atoms with Crippen molar-refractivity contribution in [2.75, 3.05) is 5.32 Å². The Morgan fingerprint density at radius 1 is 1.21 bits per heavy atom. The third kappa shape index (κ3) is 4.09. The molecule has 5 aromatic rings. The number of para-hydroxylation sites is 1. The van der Waals surface area contributed by atoms with Crippen LogP contribution in [0, 0.1) is 12.7 Å². The summed E-state index contributed by atoms with van der Waals surface area (Å²) in [7, 11) is 0. The Morgan fingerprint density at radius 2 is 1.97 bits per heavy atom. The predicted molar refractivity (Wildman–Crippen MR) is 127 cm³/mol. The summed E-state index contributed by atoms with van der Waals surface area (Å²) in [5, 5.41) is 7.43. The van der Waals surface area contributed by atoms with E-state index in [-0.39, 0.29) is 18.1 Å². The Bertz CT molecular complexity index is 1590. The molecule has 0 fully saturated rings. The van der Waals surface area contributed by atoms with Crippen molar-refractivity contribution in [1.82, 2.24) is 19.7 Å². The first kappa shape index (κ1) is 21.9. The van der Waals surface area contributed by atoms with Gasteiger partial charge in [0, 0.05) is 10.6 Å². The maximum Gasteiger partial charge on any atom is 0.268 e. The first-order chi connectivity index (χ1) is 16.4. The molecule has 3 aromatic heterocycles. The summed E-state index contributed by atoms with van der Waals surface area (Å²) in [6.07, 6.45) is 1.29. The van der Waals surface area contributed by atoms with Crippen molar-refractivity contribution >= 4 is 44.7 Å². The molecule has 34 heavy (non-hydrogen) atoms. The molecule has 0 radical (unpaired) electrons. The molecule has 8 nitrogen and oxygen atoms in total. The average Bonchev–Trinajstić information content (AvgIpc) is 3.43. The van der Waals surface area contributed by atoms with Gasteiger partial charge in [-0.2, -0.15) is 4.98 Å². The highest BCUT2D eigenvalue weighted by Crippen LogP contribution is 2.35. The van der Waals surface area contributed by atoms with Gasteiger partial charge in [-0.05, 0) is 48.9 Å². The number of amides is 1. The van der Waals surface area contributed by atoms with Crippen LogP contribution in [0.2, 0.25) is 5.02 Å². The second-order valence-electron chi connectivity index (χ2n) is 7.37. The van der Waals surface area contributed by atoms with Gasteiger partial charge in [0.15, 0.2) is 0 Å². The van der Waals surface area contributed by atoms with Gasteiger partial charge in [0.1, 0.15) is 17.2 Å². The van der Waals surface area contributed by atoms with Crippen molar-refractivity contribution in [2.24, 2.45) is 0 Å². The highest BCUT2D eigenvalue weighted by molar-refractivity contribution is 7.22. The Balaban J connectivity index is 1.44. The van der Waals surface area contributed by atoms with Gasteiger partial charge < -0.3 is 9.84 Å². The van der Waals surface area contributed by atoms with Crippen LogP contribution in [0.1, 0.15) is 5.56 Å². The van der Waals surface area contributed by atoms with E-state index in [9.17, 15) is 14.0 Å². The molecule has 5 rings (SSSR count). The minimum atomic E-state index is -0.562. The number of aromatic nitrogens is 4. The molecule has 170 valence electrons. The molecule has 0 saturated heterocycles. The number of carbonyl (C=O) groups excluding carboxylic acids is 1. The number of fused-ring (bicyclic) bond motifs is 1. The molecule has 0 spiro atoms. The van der Waals surface area contributed by atoms with E-state index in [1.807, 2.05) is 0 Å². The fraction of sp³-hybridized carbons (Fsp3) is 0.0870. The standard InChI is InChI=1S/C23H15ClFN5O3S/c1-12-18-22(34-19(12)21-28-20(29-33-21)13-6-8-14(24)9-7-13)26-11-30(23(18)32)10-17(31)27-16-5-3-2-4-15(16)25/h2-9,11H,10H2,1H3,(H,27,31). The summed E-state index contributed by atoms with van der Waals surface area (Å²) >= 11 is 7.17. The molecular weight excluding hydrogens is 481 g/mol. The molecule has 11 heteroatoms. The number of anilines is 1. The van der Waals surface area contributed by atoms with Crippen molar-refractivity contribution in [3.8, 4) is 22.2 Å². The molecule has 1 N–H and O–H groups in total. The minimum Gasteiger partial charge on any atom is -0.333 e. The summed E-state index contributed by atoms with van der Waals surface area (Å²) in [4.78, 5) is 35.4. The van der Waals surface area contributed by atoms with Crippen molar-refractivity contribution in [1.29, 1.82) is 0 Å². The number of carbonyl (C=O) groups is 1. The molecular formula is C23H15ClFN5O3S. The summed E-state index contributed by atoms with van der Waals surface area (Å²) in [5.74, 6) is -0.467. The summed E-state index contributed by atoms with van der Waals surface area (Å²) in [5.41, 5.74) is 0.995. The van der Waals surface area contributed by atoms with Crippen LogP contribution in [-0.4, -0.2) is 25.6 Å². The van der Waals surface area contributed by atoms with Gasteiger partial charge in [0.2, 0.25) is 11.7 Å². The average molecular weight is 496 g/mol. The number of rotatable bonds is 5. The van der Waals surface area contributed by atoms with Gasteiger partial charge in [-0.15, -0.1) is 11.3 Å². The van der Waals surface area contributed by atoms with E-state index in [0.717, 1.165) is 5.56 Å². The number of benzene rings is 2. The van der Waals surface area contributed by atoms with Gasteiger partial charge >= 0.3 is 0 Å². The van der Waals surface area contributed by atoms with Crippen LogP contribution in [0.3, 0.4) is 0 Å². The fourth-order valence-electron chi connectivity index (χ4n) is 3.41. The van der Waals surface area contributed by atoms with Crippen LogP contribution in [0.5, 0.6) is 0 Å². The van der Waals surface area contributed by atoms with Crippen molar-refractivity contribution < 1.29 is 13.7 Å². The summed E-state index contributed by atoms with van der Waals surface area (Å²) in [6, 6.07) is 12.8. The maximum absolute atomic E-state index is 13.8. The van der Waals surface area contributed by atoms with Crippen LogP contribution >= 0.6 is 22.9 Å². The highest BCUT2D eigenvalue weighted by atomic mass is 35.5. The zero-order chi connectivity index (χ0) is 23.8. The molecule has 3 heterocycles. The topological polar surface area (TPSA) is 103 Å². The molecule has 0 aliphatic carbocycles. The Labute approximate surface area is 200 Å². The number of nitrogens with zero attached hydrogens (tertiary/aromatic N) is 4. The van der Waals surface area contributed by atoms with Gasteiger partial charge in [-0.25, -0.2) is 9.37 Å². The second-order valence-corrected chi connectivity index (χ2v) is 8.81. The van der Waals surface area contributed by atoms with E-state index in [1.54, 1.807) is 37.3 Å². The number of hydrogen-bond donors (Lipinski definition) is 1. The lowest BCUT2D eigenvalue weighted by Gasteiger charge is -2.08. The third-order valence-corrected chi connectivity index (χ3v) is 6.54. The van der Waals surface area contributed by atoms with E-state index >= 15 is 0 Å². The van der Waals surface area contributed by atoms with Crippen LogP contribution in [0.4, 0.5) is 10.1 Å². The van der Waals surface area contributed by atoms with Crippen LogP contribution in [-0.2, 0) is 11.3 Å². The smallest absolute Gasteiger partial charge is 0.268 e. The molecule has 1 amide bonds. The van der Waals surface area contributed by atoms with E-state index in [0.29, 0.717) is 31.5 Å². The molecule has 0 atom stereocenters. The summed E-state index contributed by atoms with van der Waals surface area (Å²) < 4.78 is 20.4. The number of halogens is 2. The van der Waals surface area contributed by atoms with Crippen molar-refractivity contribution in [3.63, 3.8) is 0 Å². The normalized spacial score (nSPS) is 11.1. The zero-order valence-electron chi connectivity index (χ0n) is 17.6. The maximum atomic E-state index is 13.8. The van der Waals surface area contributed by atoms with Crippen molar-refractivity contribution in [2.45, 2.75) is 13.5 Å². The largest absolute Gasteiger partial charge is 0.333 e. The van der Waals surface area contributed by atoms with E-state index in [2.05, 4.69) is 20.4 Å². The van der Waals surface area contributed by atoms with E-state index < -0.39 is 17.3 Å². The monoisotopic (exact) mass is 495 g/mol. The number of thiophene rings is 1. The Hall–Kier alpha value is -3.89. The highest BCUT2D eigenvalue weighted by Gasteiger charge is 2.21. The fourth-order valence-corrected chi connectivity index (χ4v) is 4.60. The molecule has 0 aliphatic heterocycles. The van der Waals surface area contributed by atoms with Crippen LogP contribution < -0.4 is 10.9 Å². The van der Waals surface area contributed by atoms with Gasteiger partial charge in [0.25, 0.3) is 11.4 Å². The number of nitrogens with one attached hydrogen (secondary N) is 1. The summed E-state index contributed by atoms with van der Waals surface area (Å²) in [6.45, 7) is 1.44. The molecule has 2 aromatic carbocycles.